The third-order valence-electron chi connectivity index (χ3n) is 0.544. The smallest absolute Gasteiger partial charge is 0.303 e. The zero-order valence-corrected chi connectivity index (χ0v) is 9.86. The van der Waals surface area contributed by atoms with Crippen LogP contribution in [-0.4, -0.2) is 48.7 Å². The van der Waals surface area contributed by atoms with Crippen molar-refractivity contribution in [3.8, 4) is 0 Å². The molecule has 1 radical (unpaired) electrons. The van der Waals surface area contributed by atoms with Gasteiger partial charge in [0.25, 0.3) is 0 Å². The molecule has 0 aromatic heterocycles. The largest absolute Gasteiger partial charge is 0.481 e. The molecule has 0 saturated heterocycles. The van der Waals surface area contributed by atoms with Crippen molar-refractivity contribution in [1.29, 1.82) is 0 Å². The minimum absolute atomic E-state index is 0. The van der Waals surface area contributed by atoms with Gasteiger partial charge in [0.2, 0.25) is 0 Å². The Bertz CT molecular complexity index is 226. The van der Waals surface area contributed by atoms with Crippen LogP contribution in [0.3, 0.4) is 0 Å². The Kier molecular flexibility index (Phi) is 3.33. The maximum absolute atomic E-state index is 10.5. The second-order valence-corrected chi connectivity index (χ2v) is 7.56. The van der Waals surface area contributed by atoms with Crippen LogP contribution in [0.15, 0.2) is 0 Å². The average Bonchev–Trinajstić information content (AvgIpc) is 1.84. The first kappa shape index (κ1) is 6.23. The van der Waals surface area contributed by atoms with Gasteiger partial charge in [0, 0.05) is 49.5 Å². The summed E-state index contributed by atoms with van der Waals surface area (Å²) in [6.07, 6.45) is -2.81. The van der Waals surface area contributed by atoms with E-state index in [-0.39, 0.29) is 29.6 Å². The van der Waals surface area contributed by atoms with Crippen molar-refractivity contribution in [1.82, 2.24) is 0 Å². The molecule has 10 heavy (non-hydrogen) atoms. The van der Waals surface area contributed by atoms with Crippen molar-refractivity contribution in [2.45, 2.75) is 32.0 Å². The summed E-state index contributed by atoms with van der Waals surface area (Å²) in [6.45, 7) is 4.81. The summed E-state index contributed by atoms with van der Waals surface area (Å²) in [5, 5.41) is 8.55. The minimum atomic E-state index is -2.81. The average molecular weight is 173 g/mol. The number of carboxylic acids is 1. The third-order valence-corrected chi connectivity index (χ3v) is 1.42. The van der Waals surface area contributed by atoms with Gasteiger partial charge in [0.15, 0.2) is 0 Å². The summed E-state index contributed by atoms with van der Waals surface area (Å²) in [6, 6.07) is 0. The Hall–Kier alpha value is 0.687. The molecule has 0 heterocycles. The topological polar surface area (TPSA) is 37.3 Å². The van der Waals surface area contributed by atoms with Crippen molar-refractivity contribution in [2.24, 2.45) is 0 Å². The number of hydrogen-bond donors (Lipinski definition) is 1. The van der Waals surface area contributed by atoms with Crippen molar-refractivity contribution < 1.29 is 15.4 Å². The fraction of sp³-hybridized carbons (Fsp3) is 0.833. The molecule has 55 valence electrons. The predicted molar refractivity (Wildman–Crippen MR) is 46.2 cm³/mol. The molecule has 0 saturated carbocycles. The zero-order valence-electron chi connectivity index (χ0n) is 10.9. The van der Waals surface area contributed by atoms with Gasteiger partial charge in [-0.3, -0.25) is 4.79 Å². The Morgan fingerprint density at radius 3 is 2.10 bits per heavy atom. The Labute approximate surface area is 90.9 Å². The predicted octanol–water partition coefficient (Wildman–Crippen LogP) is 1.42. The van der Waals surface area contributed by atoms with Crippen LogP contribution in [0.25, 0.3) is 0 Å². The molecule has 4 heteroatoms. The number of rotatable bonds is 3. The maximum atomic E-state index is 10.5. The molecule has 0 bridgehead atoms. The second kappa shape index (κ2) is 5.35. The van der Waals surface area contributed by atoms with Gasteiger partial charge in [-0.1, -0.05) is 19.6 Å². The van der Waals surface area contributed by atoms with Crippen LogP contribution in [0.1, 0.15) is 11.9 Å². The molecule has 0 aliphatic carbocycles. The number of carbonyl (C=O) groups is 1. The van der Waals surface area contributed by atoms with Crippen LogP contribution in [0.5, 0.6) is 0 Å². The first-order valence-corrected chi connectivity index (χ1v) is 6.18. The van der Waals surface area contributed by atoms with Crippen LogP contribution in [0, 0.1) is 0 Å². The molecule has 2 nitrogen and oxygen atoms in total. The molecule has 0 fully saturated rings. The van der Waals surface area contributed by atoms with Crippen LogP contribution in [0.2, 0.25) is 25.6 Å². The van der Waals surface area contributed by atoms with E-state index < -0.39 is 26.4 Å². The standard InChI is InChI=1S/C6H14O2Si.Na/c1-9(2,3)5-4-6(7)8;/h4-5H2,1-3H3,(H,7,8);/i4D2,5D2;. The molecule has 0 amide bonds. The fourth-order valence-electron chi connectivity index (χ4n) is 0.241. The molecule has 0 atom stereocenters. The zero-order chi connectivity index (χ0) is 11.1. The van der Waals surface area contributed by atoms with E-state index in [4.69, 9.17) is 10.6 Å². The van der Waals surface area contributed by atoms with Gasteiger partial charge in [-0.05, 0) is 6.00 Å². The maximum Gasteiger partial charge on any atom is 0.303 e. The fourth-order valence-corrected chi connectivity index (χ4v) is 0.723. The monoisotopic (exact) mass is 173 g/mol. The number of hydrogen-bond acceptors (Lipinski definition) is 1. The van der Waals surface area contributed by atoms with E-state index in [1.807, 2.05) is 0 Å². The molecular formula is C6H14NaO2Si. The molecule has 0 aromatic carbocycles. The van der Waals surface area contributed by atoms with Gasteiger partial charge in [0.05, 0.1) is 0 Å². The molecule has 0 unspecified atom stereocenters. The van der Waals surface area contributed by atoms with E-state index in [2.05, 4.69) is 0 Å². The van der Waals surface area contributed by atoms with E-state index in [1.54, 1.807) is 19.6 Å². The van der Waals surface area contributed by atoms with Gasteiger partial charge in [-0.15, -0.1) is 0 Å². The van der Waals surface area contributed by atoms with E-state index >= 15 is 0 Å². The van der Waals surface area contributed by atoms with E-state index in [1.165, 1.54) is 0 Å². The summed E-state index contributed by atoms with van der Waals surface area (Å²) in [7, 11) is -2.51. The Morgan fingerprint density at radius 1 is 1.60 bits per heavy atom. The molecule has 0 rings (SSSR count). The first-order valence-electron chi connectivity index (χ1n) is 4.68. The van der Waals surface area contributed by atoms with Crippen molar-refractivity contribution >= 4 is 43.6 Å². The summed E-state index contributed by atoms with van der Waals surface area (Å²) < 4.78 is 29.3. The summed E-state index contributed by atoms with van der Waals surface area (Å²) in [4.78, 5) is 10.5. The van der Waals surface area contributed by atoms with Crippen LogP contribution >= 0.6 is 0 Å². The van der Waals surface area contributed by atoms with Crippen LogP contribution in [-0.2, 0) is 4.79 Å². The molecule has 0 aliphatic rings. The van der Waals surface area contributed by atoms with Gasteiger partial charge in [-0.2, -0.15) is 0 Å². The van der Waals surface area contributed by atoms with Crippen molar-refractivity contribution in [3.05, 3.63) is 0 Å². The van der Waals surface area contributed by atoms with E-state index in [0.29, 0.717) is 0 Å². The van der Waals surface area contributed by atoms with Gasteiger partial charge in [-0.25, -0.2) is 0 Å². The SMILES string of the molecule is [2H]C([2H])(C(=O)O)C([2H])([2H])[Si](C)(C)C.[Na]. The number of aliphatic carboxylic acids is 1. The summed E-state index contributed by atoms with van der Waals surface area (Å²) >= 11 is 0. The van der Waals surface area contributed by atoms with E-state index in [0.717, 1.165) is 0 Å². The van der Waals surface area contributed by atoms with Gasteiger partial charge >= 0.3 is 5.97 Å². The van der Waals surface area contributed by atoms with Crippen molar-refractivity contribution in [3.63, 3.8) is 0 Å². The molecule has 1 N–H and O–H groups in total. The van der Waals surface area contributed by atoms with Crippen LogP contribution < -0.4 is 0 Å². The molecule has 0 aromatic rings. The third kappa shape index (κ3) is 11.5. The molecular weight excluding hydrogens is 155 g/mol. The summed E-state index contributed by atoms with van der Waals surface area (Å²) in [5.41, 5.74) is 0. The Morgan fingerprint density at radius 2 is 2.00 bits per heavy atom. The van der Waals surface area contributed by atoms with E-state index in [9.17, 15) is 4.79 Å². The van der Waals surface area contributed by atoms with Gasteiger partial charge in [0.1, 0.15) is 0 Å². The van der Waals surface area contributed by atoms with Crippen LogP contribution in [0.4, 0.5) is 0 Å². The molecule has 0 aliphatic heterocycles. The summed E-state index contributed by atoms with van der Waals surface area (Å²) in [5.74, 6) is -4.01. The van der Waals surface area contributed by atoms with Gasteiger partial charge < -0.3 is 5.11 Å². The van der Waals surface area contributed by atoms with Crippen molar-refractivity contribution in [2.75, 3.05) is 0 Å². The normalized spacial score (nSPS) is 19.1. The minimum Gasteiger partial charge on any atom is -0.481 e. The first-order chi connectivity index (χ1) is 5.44. The second-order valence-electron chi connectivity index (χ2n) is 2.81. The Balaban J connectivity index is 0. The quantitative estimate of drug-likeness (QED) is 0.655. The molecule has 0 spiro atoms. The number of carboxylic acid groups (broad SMARTS) is 1.